The largest absolute Gasteiger partial charge is 0.384 e. The molecule has 1 fully saturated rings. The number of hydrogen-bond acceptors (Lipinski definition) is 2. The van der Waals surface area contributed by atoms with Gasteiger partial charge in [-0.2, -0.15) is 0 Å². The predicted molar refractivity (Wildman–Crippen MR) is 70.1 cm³/mol. The molecule has 0 unspecified atom stereocenters. The van der Waals surface area contributed by atoms with Crippen LogP contribution in [-0.4, -0.2) is 23.2 Å². The molecule has 0 radical (unpaired) electrons. The quantitative estimate of drug-likeness (QED) is 0.777. The number of carbonyl (C=O) groups is 1. The van der Waals surface area contributed by atoms with Gasteiger partial charge in [0, 0.05) is 16.7 Å². The van der Waals surface area contributed by atoms with Crippen molar-refractivity contribution >= 4 is 5.91 Å². The van der Waals surface area contributed by atoms with E-state index in [9.17, 15) is 4.79 Å². The van der Waals surface area contributed by atoms with Crippen LogP contribution in [0.4, 0.5) is 0 Å². The molecule has 0 spiro atoms. The second-order valence-corrected chi connectivity index (χ2v) is 4.91. The summed E-state index contributed by atoms with van der Waals surface area (Å²) in [6, 6.07) is 7.11. The first-order valence-corrected chi connectivity index (χ1v) is 6.15. The molecule has 18 heavy (non-hydrogen) atoms. The Hall–Kier alpha value is -1.79. The van der Waals surface area contributed by atoms with Gasteiger partial charge < -0.3 is 10.4 Å². The molecule has 2 N–H and O–H groups in total. The van der Waals surface area contributed by atoms with Crippen molar-refractivity contribution in [3.63, 3.8) is 0 Å². The van der Waals surface area contributed by atoms with Gasteiger partial charge in [0.25, 0.3) is 5.91 Å². The fraction of sp³-hybridized carbons (Fsp3) is 0.400. The number of hydrogen-bond donors (Lipinski definition) is 2. The number of benzene rings is 1. The molecule has 0 aliphatic heterocycles. The summed E-state index contributed by atoms with van der Waals surface area (Å²) in [6.45, 7) is 1.93. The van der Waals surface area contributed by atoms with Crippen LogP contribution >= 0.6 is 0 Å². The van der Waals surface area contributed by atoms with Gasteiger partial charge in [-0.3, -0.25) is 4.79 Å². The van der Waals surface area contributed by atoms with Crippen molar-refractivity contribution in [2.45, 2.75) is 31.7 Å². The van der Waals surface area contributed by atoms with E-state index in [1.807, 2.05) is 0 Å². The molecule has 1 aromatic rings. The van der Waals surface area contributed by atoms with E-state index < -0.39 is 0 Å². The molecule has 3 heteroatoms. The van der Waals surface area contributed by atoms with Gasteiger partial charge >= 0.3 is 0 Å². The van der Waals surface area contributed by atoms with Crippen LogP contribution in [0.2, 0.25) is 0 Å². The van der Waals surface area contributed by atoms with Crippen LogP contribution in [0.25, 0.3) is 0 Å². The minimum absolute atomic E-state index is 0.0214. The average Bonchev–Trinajstić information content (AvgIpc) is 2.35. The summed E-state index contributed by atoms with van der Waals surface area (Å²) in [6.07, 6.45) is 3.30. The van der Waals surface area contributed by atoms with Gasteiger partial charge in [0.1, 0.15) is 6.61 Å². The molecule has 1 aromatic carbocycles. The Morgan fingerprint density at radius 1 is 1.39 bits per heavy atom. The summed E-state index contributed by atoms with van der Waals surface area (Å²) >= 11 is 0. The molecule has 0 heterocycles. The standard InChI is InChI=1S/C15H17NO2/c1-15(9-3-10-15)16-14(18)13-7-5-12(6-8-13)4-2-11-17/h5-8,17H,3,9-11H2,1H3,(H,16,18). The highest BCUT2D eigenvalue weighted by atomic mass is 16.2. The van der Waals surface area contributed by atoms with E-state index in [0.717, 1.165) is 18.4 Å². The van der Waals surface area contributed by atoms with E-state index in [1.54, 1.807) is 24.3 Å². The molecule has 1 amide bonds. The predicted octanol–water partition coefficient (Wildman–Crippen LogP) is 1.70. The highest BCUT2D eigenvalue weighted by molar-refractivity contribution is 5.94. The van der Waals surface area contributed by atoms with Gasteiger partial charge in [-0.15, -0.1) is 0 Å². The Morgan fingerprint density at radius 2 is 2.06 bits per heavy atom. The zero-order chi connectivity index (χ0) is 13.0. The van der Waals surface area contributed by atoms with E-state index >= 15 is 0 Å². The molecule has 3 nitrogen and oxygen atoms in total. The Morgan fingerprint density at radius 3 is 2.56 bits per heavy atom. The molecule has 1 saturated carbocycles. The number of aliphatic hydroxyl groups is 1. The van der Waals surface area contributed by atoms with Gasteiger partial charge in [-0.25, -0.2) is 0 Å². The zero-order valence-corrected chi connectivity index (χ0v) is 10.5. The third kappa shape index (κ3) is 2.91. The van der Waals surface area contributed by atoms with Crippen LogP contribution in [0, 0.1) is 11.8 Å². The lowest BCUT2D eigenvalue weighted by molar-refractivity contribution is 0.0850. The fourth-order valence-electron chi connectivity index (χ4n) is 2.02. The molecule has 0 aromatic heterocycles. The lowest BCUT2D eigenvalue weighted by atomic mass is 9.78. The van der Waals surface area contributed by atoms with Crippen molar-refractivity contribution < 1.29 is 9.90 Å². The lowest BCUT2D eigenvalue weighted by Gasteiger charge is -2.39. The number of amides is 1. The van der Waals surface area contributed by atoms with Crippen LogP contribution in [0.15, 0.2) is 24.3 Å². The minimum atomic E-state index is -0.152. The highest BCUT2D eigenvalue weighted by Crippen LogP contribution is 2.31. The first-order chi connectivity index (χ1) is 8.63. The zero-order valence-electron chi connectivity index (χ0n) is 10.5. The van der Waals surface area contributed by atoms with E-state index in [1.165, 1.54) is 6.42 Å². The van der Waals surface area contributed by atoms with E-state index in [4.69, 9.17) is 5.11 Å². The van der Waals surface area contributed by atoms with Crippen LogP contribution in [0.1, 0.15) is 42.1 Å². The van der Waals surface area contributed by atoms with Crippen molar-refractivity contribution in [3.05, 3.63) is 35.4 Å². The molecule has 1 aliphatic rings. The van der Waals surface area contributed by atoms with Crippen molar-refractivity contribution in [3.8, 4) is 11.8 Å². The minimum Gasteiger partial charge on any atom is -0.384 e. The van der Waals surface area contributed by atoms with Gasteiger partial charge in [-0.05, 0) is 50.5 Å². The second-order valence-electron chi connectivity index (χ2n) is 4.91. The van der Waals surface area contributed by atoms with Crippen LogP contribution in [0.3, 0.4) is 0 Å². The molecule has 0 atom stereocenters. The third-order valence-electron chi connectivity index (χ3n) is 3.33. The van der Waals surface area contributed by atoms with Crippen LogP contribution in [-0.2, 0) is 0 Å². The van der Waals surface area contributed by atoms with Gasteiger partial charge in [0.05, 0.1) is 0 Å². The number of aliphatic hydroxyl groups excluding tert-OH is 1. The first-order valence-electron chi connectivity index (χ1n) is 6.15. The van der Waals surface area contributed by atoms with Gasteiger partial charge in [0.15, 0.2) is 0 Å². The van der Waals surface area contributed by atoms with Gasteiger partial charge in [-0.1, -0.05) is 11.8 Å². The maximum absolute atomic E-state index is 12.0. The Bertz CT molecular complexity index is 489. The van der Waals surface area contributed by atoms with Crippen molar-refractivity contribution in [2.75, 3.05) is 6.61 Å². The van der Waals surface area contributed by atoms with E-state index in [-0.39, 0.29) is 18.1 Å². The molecule has 1 aliphatic carbocycles. The molecule has 94 valence electrons. The number of rotatable bonds is 2. The summed E-state index contributed by atoms with van der Waals surface area (Å²) in [5, 5.41) is 11.7. The molecule has 0 saturated heterocycles. The van der Waals surface area contributed by atoms with E-state index in [0.29, 0.717) is 5.56 Å². The second kappa shape index (κ2) is 5.24. The maximum atomic E-state index is 12.0. The van der Waals surface area contributed by atoms with Crippen molar-refractivity contribution in [2.24, 2.45) is 0 Å². The lowest BCUT2D eigenvalue weighted by Crippen LogP contribution is -2.50. The summed E-state index contributed by atoms with van der Waals surface area (Å²) in [5.41, 5.74) is 1.43. The number of nitrogens with one attached hydrogen (secondary N) is 1. The summed E-state index contributed by atoms with van der Waals surface area (Å²) < 4.78 is 0. The number of carbonyl (C=O) groups excluding carboxylic acids is 1. The third-order valence-corrected chi connectivity index (χ3v) is 3.33. The van der Waals surface area contributed by atoms with E-state index in [2.05, 4.69) is 24.1 Å². The van der Waals surface area contributed by atoms with Crippen LogP contribution < -0.4 is 5.32 Å². The Kier molecular flexibility index (Phi) is 3.69. The monoisotopic (exact) mass is 243 g/mol. The SMILES string of the molecule is CC1(NC(=O)c2ccc(C#CCO)cc2)CCC1. The first kappa shape index (κ1) is 12.7. The molecular weight excluding hydrogens is 226 g/mol. The smallest absolute Gasteiger partial charge is 0.251 e. The van der Waals surface area contributed by atoms with Crippen molar-refractivity contribution in [1.82, 2.24) is 5.32 Å². The Labute approximate surface area is 107 Å². The summed E-state index contributed by atoms with van der Waals surface area (Å²) in [7, 11) is 0. The highest BCUT2D eigenvalue weighted by Gasteiger charge is 2.33. The maximum Gasteiger partial charge on any atom is 0.251 e. The summed E-state index contributed by atoms with van der Waals surface area (Å²) in [4.78, 5) is 12.0. The summed E-state index contributed by atoms with van der Waals surface area (Å²) in [5.74, 6) is 5.35. The normalized spacial score (nSPS) is 16.1. The van der Waals surface area contributed by atoms with Crippen molar-refractivity contribution in [1.29, 1.82) is 0 Å². The van der Waals surface area contributed by atoms with Gasteiger partial charge in [0.2, 0.25) is 0 Å². The molecular formula is C15H17NO2. The fourth-order valence-corrected chi connectivity index (χ4v) is 2.02. The molecule has 2 rings (SSSR count). The van der Waals surface area contributed by atoms with Crippen LogP contribution in [0.5, 0.6) is 0 Å². The Balaban J connectivity index is 2.02. The topological polar surface area (TPSA) is 49.3 Å². The molecule has 0 bridgehead atoms. The average molecular weight is 243 g/mol.